The van der Waals surface area contributed by atoms with E-state index in [4.69, 9.17) is 28.7 Å². The number of amidine groups is 1. The maximum Gasteiger partial charge on any atom is 0.416 e. The lowest BCUT2D eigenvalue weighted by atomic mass is 9.90. The molecule has 0 saturated carbocycles. The number of methoxy groups -OCH3 is 1. The molecule has 0 N–H and O–H groups in total. The lowest BCUT2D eigenvalue weighted by Crippen LogP contribution is -2.70. The Kier molecular flexibility index (Phi) is 7.99. The van der Waals surface area contributed by atoms with E-state index in [2.05, 4.69) is 0 Å². The largest absolute Gasteiger partial charge is 0.443 e. The van der Waals surface area contributed by atoms with Gasteiger partial charge in [-0.2, -0.15) is 0 Å². The minimum absolute atomic E-state index is 0.116. The fourth-order valence-corrected chi connectivity index (χ4v) is 7.42. The highest BCUT2D eigenvalue weighted by Crippen LogP contribution is 2.47. The lowest BCUT2D eigenvalue weighted by molar-refractivity contribution is -0.402. The summed E-state index contributed by atoms with van der Waals surface area (Å²) in [7, 11) is -0.451. The number of aliphatic imine (C=N–C) groups is 1. The number of amides is 1. The van der Waals surface area contributed by atoms with Crippen LogP contribution in [-0.2, 0) is 39.3 Å². The summed E-state index contributed by atoms with van der Waals surface area (Å²) in [5.41, 5.74) is -1.47. The van der Waals surface area contributed by atoms with Gasteiger partial charge in [0, 0.05) is 14.2 Å². The smallest absolute Gasteiger partial charge is 0.416 e. The standard InChI is InChI=1S/C26H38N2O8S2/c1-24(2,3)36-23(29)28(7)22-27-18-20-19(34-25(4,5)26(6,32-8)35-20)17(33-21(18)37-22)15-38(30,31)14-16-12-10-9-11-13-16/h9-13,17-21H,14-15H2,1-8H3/t17-,18-,19-,20-,21-,26+/m1/s1. The third-order valence-electron chi connectivity index (χ3n) is 6.97. The molecular weight excluding hydrogens is 532 g/mol. The maximum absolute atomic E-state index is 13.3. The third-order valence-corrected chi connectivity index (χ3v) is 9.79. The van der Waals surface area contributed by atoms with E-state index in [9.17, 15) is 13.2 Å². The van der Waals surface area contributed by atoms with E-state index in [0.717, 1.165) is 0 Å². The van der Waals surface area contributed by atoms with Crippen LogP contribution in [0.15, 0.2) is 35.3 Å². The van der Waals surface area contributed by atoms with Gasteiger partial charge in [-0.15, -0.1) is 0 Å². The Morgan fingerprint density at radius 3 is 2.39 bits per heavy atom. The van der Waals surface area contributed by atoms with Gasteiger partial charge in [0.2, 0.25) is 0 Å². The highest BCUT2D eigenvalue weighted by molar-refractivity contribution is 8.14. The molecule has 6 atom stereocenters. The van der Waals surface area contributed by atoms with E-state index in [0.29, 0.717) is 10.7 Å². The zero-order chi connectivity index (χ0) is 28.1. The molecule has 0 bridgehead atoms. The Morgan fingerprint density at radius 1 is 1.13 bits per heavy atom. The minimum atomic E-state index is -3.57. The number of ether oxygens (including phenoxy) is 5. The Morgan fingerprint density at radius 2 is 1.79 bits per heavy atom. The van der Waals surface area contributed by atoms with E-state index in [1.165, 1.54) is 16.7 Å². The summed E-state index contributed by atoms with van der Waals surface area (Å²) in [6, 6.07) is 8.48. The number of thioether (sulfide) groups is 1. The van der Waals surface area contributed by atoms with Gasteiger partial charge in [-0.3, -0.25) is 9.89 Å². The first-order chi connectivity index (χ1) is 17.5. The molecule has 4 rings (SSSR count). The second-order valence-corrected chi connectivity index (χ2v) is 14.6. The van der Waals surface area contributed by atoms with Crippen LogP contribution in [0.2, 0.25) is 0 Å². The molecule has 0 aromatic heterocycles. The van der Waals surface area contributed by atoms with Crippen molar-refractivity contribution in [3.63, 3.8) is 0 Å². The van der Waals surface area contributed by atoms with Gasteiger partial charge >= 0.3 is 6.09 Å². The molecule has 0 aliphatic carbocycles. The van der Waals surface area contributed by atoms with Crippen molar-refractivity contribution >= 4 is 32.9 Å². The van der Waals surface area contributed by atoms with Crippen molar-refractivity contribution < 1.29 is 36.9 Å². The lowest BCUT2D eigenvalue weighted by Gasteiger charge is -2.56. The van der Waals surface area contributed by atoms with E-state index >= 15 is 0 Å². The molecule has 10 nitrogen and oxygen atoms in total. The quantitative estimate of drug-likeness (QED) is 0.524. The fourth-order valence-electron chi connectivity index (χ4n) is 4.65. The molecule has 0 spiro atoms. The summed E-state index contributed by atoms with van der Waals surface area (Å²) in [5.74, 6) is -1.49. The van der Waals surface area contributed by atoms with E-state index in [1.807, 2.05) is 32.0 Å². The van der Waals surface area contributed by atoms with Crippen molar-refractivity contribution in [2.45, 2.75) is 94.1 Å². The Bertz CT molecular complexity index is 1170. The van der Waals surface area contributed by atoms with Crippen molar-refractivity contribution in [1.82, 2.24) is 4.90 Å². The van der Waals surface area contributed by atoms with Crippen LogP contribution in [0.1, 0.15) is 47.1 Å². The van der Waals surface area contributed by atoms with E-state index in [-0.39, 0.29) is 11.5 Å². The predicted octanol–water partition coefficient (Wildman–Crippen LogP) is 3.59. The van der Waals surface area contributed by atoms with Crippen LogP contribution in [0.25, 0.3) is 0 Å². The molecule has 3 aliphatic heterocycles. The Balaban J connectivity index is 1.61. The Hall–Kier alpha value is -1.70. The zero-order valence-corrected chi connectivity index (χ0v) is 24.8. The first kappa shape index (κ1) is 29.3. The van der Waals surface area contributed by atoms with Gasteiger partial charge in [-0.25, -0.2) is 13.2 Å². The second-order valence-electron chi connectivity index (χ2n) is 11.5. The first-order valence-electron chi connectivity index (χ1n) is 12.6. The molecule has 3 heterocycles. The summed E-state index contributed by atoms with van der Waals surface area (Å²) in [6.07, 6.45) is -2.76. The molecule has 1 aromatic carbocycles. The van der Waals surface area contributed by atoms with Crippen LogP contribution in [0, 0.1) is 0 Å². The molecule has 2 fully saturated rings. The van der Waals surface area contributed by atoms with Gasteiger partial charge in [-0.05, 0) is 47.1 Å². The van der Waals surface area contributed by atoms with Crippen LogP contribution in [-0.4, -0.2) is 91.3 Å². The van der Waals surface area contributed by atoms with Gasteiger partial charge in [0.1, 0.15) is 41.0 Å². The first-order valence-corrected chi connectivity index (χ1v) is 15.3. The number of carbonyl (C=O) groups is 1. The number of hydrogen-bond donors (Lipinski definition) is 0. The summed E-state index contributed by atoms with van der Waals surface area (Å²) < 4.78 is 57.1. The van der Waals surface area contributed by atoms with E-state index in [1.54, 1.807) is 54.0 Å². The number of nitrogens with zero attached hydrogens (tertiary/aromatic N) is 2. The summed E-state index contributed by atoms with van der Waals surface area (Å²) in [6.45, 7) is 10.8. The number of fused-ring (bicyclic) bond motifs is 3. The third kappa shape index (κ3) is 6.05. The van der Waals surface area contributed by atoms with Crippen molar-refractivity contribution in [1.29, 1.82) is 0 Å². The van der Waals surface area contributed by atoms with Crippen LogP contribution in [0.4, 0.5) is 4.79 Å². The van der Waals surface area contributed by atoms with Gasteiger partial charge in [-0.1, -0.05) is 42.1 Å². The SMILES string of the molecule is CO[C@@]1(C)O[C@@H]2[C@H]3N=C(N(C)C(=O)OC(C)(C)C)S[C@H]3O[C@H](CS(=O)(=O)Cc3ccccc3)[C@H]2OC1(C)C. The van der Waals surface area contributed by atoms with Crippen LogP contribution in [0.3, 0.4) is 0 Å². The molecule has 1 amide bonds. The van der Waals surface area contributed by atoms with Crippen molar-refractivity contribution in [3.05, 3.63) is 35.9 Å². The fraction of sp³-hybridized carbons (Fsp3) is 0.692. The molecule has 0 radical (unpaired) electrons. The maximum atomic E-state index is 13.3. The molecule has 2 saturated heterocycles. The summed E-state index contributed by atoms with van der Waals surface area (Å²) >= 11 is 1.24. The normalized spacial score (nSPS) is 32.6. The van der Waals surface area contributed by atoms with Gasteiger partial charge in [0.15, 0.2) is 20.8 Å². The number of rotatable bonds is 5. The zero-order valence-electron chi connectivity index (χ0n) is 23.2. The van der Waals surface area contributed by atoms with Crippen molar-refractivity contribution in [2.24, 2.45) is 4.99 Å². The molecule has 0 unspecified atom stereocenters. The topological polar surface area (TPSA) is 113 Å². The van der Waals surface area contributed by atoms with E-state index < -0.39 is 62.7 Å². The minimum Gasteiger partial charge on any atom is -0.443 e. The average Bonchev–Trinajstić information content (AvgIpc) is 3.22. The molecule has 1 aromatic rings. The highest BCUT2D eigenvalue weighted by Gasteiger charge is 2.61. The average molecular weight is 571 g/mol. The number of hydrogen-bond acceptors (Lipinski definition) is 10. The van der Waals surface area contributed by atoms with Gasteiger partial charge < -0.3 is 23.7 Å². The predicted molar refractivity (Wildman–Crippen MR) is 145 cm³/mol. The summed E-state index contributed by atoms with van der Waals surface area (Å²) in [4.78, 5) is 18.8. The number of carbonyl (C=O) groups excluding carboxylic acids is 1. The highest BCUT2D eigenvalue weighted by atomic mass is 32.2. The van der Waals surface area contributed by atoms with Crippen LogP contribution in [0.5, 0.6) is 0 Å². The van der Waals surface area contributed by atoms with Gasteiger partial charge in [0.25, 0.3) is 0 Å². The monoisotopic (exact) mass is 570 g/mol. The Labute approximate surface area is 229 Å². The van der Waals surface area contributed by atoms with Crippen LogP contribution < -0.4 is 0 Å². The molecule has 3 aliphatic rings. The molecule has 38 heavy (non-hydrogen) atoms. The van der Waals surface area contributed by atoms with Crippen LogP contribution >= 0.6 is 11.8 Å². The molecule has 12 heteroatoms. The van der Waals surface area contributed by atoms with Gasteiger partial charge in [0.05, 0.1) is 11.5 Å². The second kappa shape index (κ2) is 10.4. The summed E-state index contributed by atoms with van der Waals surface area (Å²) in [5, 5.41) is 0.397. The molecular formula is C26H38N2O8S2. The van der Waals surface area contributed by atoms with Crippen molar-refractivity contribution in [2.75, 3.05) is 19.9 Å². The van der Waals surface area contributed by atoms with Crippen molar-refractivity contribution in [3.8, 4) is 0 Å². The number of sulfone groups is 1. The molecule has 212 valence electrons. The number of benzene rings is 1.